The van der Waals surface area contributed by atoms with Gasteiger partial charge >= 0.3 is 0 Å². The Morgan fingerprint density at radius 2 is 2.08 bits per heavy atom. The molecule has 0 unspecified atom stereocenters. The average molecular weight is 208 g/mol. The van der Waals surface area contributed by atoms with Gasteiger partial charge in [0.2, 0.25) is 5.91 Å². The third-order valence-electron chi connectivity index (χ3n) is 1.33. The van der Waals surface area contributed by atoms with Crippen LogP contribution in [0.15, 0.2) is 0 Å². The number of nitrogens with one attached hydrogen (secondary N) is 1. The molecule has 0 bridgehead atoms. The van der Waals surface area contributed by atoms with Gasteiger partial charge in [-0.15, -0.1) is 0 Å². The first kappa shape index (κ1) is 12.4. The Hall–Kier alpha value is -0.620. The third-order valence-corrected chi connectivity index (χ3v) is 3.06. The van der Waals surface area contributed by atoms with Crippen molar-refractivity contribution in [3.05, 3.63) is 0 Å². The lowest BCUT2D eigenvalue weighted by Gasteiger charge is -2.03. The van der Waals surface area contributed by atoms with Crippen molar-refractivity contribution in [3.8, 4) is 0 Å². The smallest absolute Gasteiger partial charge is 0.235 e. The van der Waals surface area contributed by atoms with Crippen molar-refractivity contribution in [2.45, 2.75) is 13.3 Å². The van der Waals surface area contributed by atoms with Gasteiger partial charge in [-0.1, -0.05) is 6.92 Å². The molecule has 6 heteroatoms. The van der Waals surface area contributed by atoms with Gasteiger partial charge in [-0.3, -0.25) is 4.79 Å². The monoisotopic (exact) mass is 208 g/mol. The molecule has 0 aliphatic rings. The van der Waals surface area contributed by atoms with Crippen LogP contribution in [0.5, 0.6) is 0 Å². The predicted molar refractivity (Wildman–Crippen MR) is 51.0 cm³/mol. The molecule has 0 aliphatic heterocycles. The lowest BCUT2D eigenvalue weighted by molar-refractivity contribution is -0.118. The second-order valence-corrected chi connectivity index (χ2v) is 4.91. The minimum absolute atomic E-state index is 0.0586. The molecule has 5 nitrogen and oxygen atoms in total. The van der Waals surface area contributed by atoms with E-state index >= 15 is 0 Å². The van der Waals surface area contributed by atoms with E-state index in [-0.39, 0.29) is 5.75 Å². The zero-order chi connectivity index (χ0) is 10.3. The highest BCUT2D eigenvalue weighted by atomic mass is 32.2. The van der Waals surface area contributed by atoms with Gasteiger partial charge in [-0.2, -0.15) is 0 Å². The topological polar surface area (TPSA) is 89.3 Å². The molecule has 0 aromatic rings. The molecule has 0 rings (SSSR count). The minimum atomic E-state index is -3.21. The Bertz CT molecular complexity index is 248. The summed E-state index contributed by atoms with van der Waals surface area (Å²) in [6, 6.07) is 0. The summed E-state index contributed by atoms with van der Waals surface area (Å²) in [6.45, 7) is 2.40. The maximum Gasteiger partial charge on any atom is 0.235 e. The lowest BCUT2D eigenvalue weighted by atomic mass is 10.6. The van der Waals surface area contributed by atoms with Crippen molar-refractivity contribution in [1.82, 2.24) is 5.32 Å². The van der Waals surface area contributed by atoms with Crippen LogP contribution >= 0.6 is 0 Å². The van der Waals surface area contributed by atoms with E-state index in [2.05, 4.69) is 5.32 Å². The number of hydrogen-bond acceptors (Lipinski definition) is 4. The quantitative estimate of drug-likeness (QED) is 0.579. The SMILES string of the molecule is CCCS(=O)(=O)CC(=O)NCCN. The number of amides is 1. The summed E-state index contributed by atoms with van der Waals surface area (Å²) in [6.07, 6.45) is 0.534. The molecule has 0 aliphatic carbocycles. The van der Waals surface area contributed by atoms with Crippen molar-refractivity contribution >= 4 is 15.7 Å². The molecule has 78 valence electrons. The van der Waals surface area contributed by atoms with E-state index in [4.69, 9.17) is 5.73 Å². The summed E-state index contributed by atoms with van der Waals surface area (Å²) < 4.78 is 22.2. The summed E-state index contributed by atoms with van der Waals surface area (Å²) >= 11 is 0. The molecular weight excluding hydrogens is 192 g/mol. The standard InChI is InChI=1S/C7H16N2O3S/c1-2-5-13(11,12)6-7(10)9-4-3-8/h2-6,8H2,1H3,(H,9,10). The lowest BCUT2D eigenvalue weighted by Crippen LogP contribution is -2.34. The summed E-state index contributed by atoms with van der Waals surface area (Å²) in [5.41, 5.74) is 5.14. The third kappa shape index (κ3) is 6.53. The fourth-order valence-electron chi connectivity index (χ4n) is 0.846. The Kier molecular flexibility index (Phi) is 5.65. The normalized spacial score (nSPS) is 11.2. The van der Waals surface area contributed by atoms with Gasteiger partial charge in [0, 0.05) is 13.1 Å². The molecule has 13 heavy (non-hydrogen) atoms. The van der Waals surface area contributed by atoms with E-state index in [1.54, 1.807) is 6.92 Å². The summed E-state index contributed by atoms with van der Waals surface area (Å²) in [5, 5.41) is 2.40. The maximum absolute atomic E-state index is 11.1. The minimum Gasteiger partial charge on any atom is -0.354 e. The highest BCUT2D eigenvalue weighted by Crippen LogP contribution is 1.92. The number of nitrogens with two attached hydrogens (primary N) is 1. The molecule has 0 saturated carbocycles. The van der Waals surface area contributed by atoms with Gasteiger partial charge in [0.25, 0.3) is 0 Å². The summed E-state index contributed by atoms with van der Waals surface area (Å²) in [5.74, 6) is -0.844. The van der Waals surface area contributed by atoms with Crippen molar-refractivity contribution in [1.29, 1.82) is 0 Å². The summed E-state index contributed by atoms with van der Waals surface area (Å²) in [4.78, 5) is 10.9. The average Bonchev–Trinajstić information content (AvgIpc) is 1.99. The van der Waals surface area contributed by atoms with E-state index in [0.29, 0.717) is 19.5 Å². The number of rotatable bonds is 6. The number of hydrogen-bond donors (Lipinski definition) is 2. The second-order valence-electron chi connectivity index (χ2n) is 2.73. The highest BCUT2D eigenvalue weighted by Gasteiger charge is 2.14. The van der Waals surface area contributed by atoms with Gasteiger partial charge in [-0.05, 0) is 6.42 Å². The molecule has 0 aromatic heterocycles. The first-order valence-corrected chi connectivity index (χ1v) is 6.01. The fraction of sp³-hybridized carbons (Fsp3) is 0.857. The van der Waals surface area contributed by atoms with Crippen LogP contribution in [0.25, 0.3) is 0 Å². The fourth-order valence-corrected chi connectivity index (χ4v) is 2.11. The summed E-state index contributed by atoms with van der Waals surface area (Å²) in [7, 11) is -3.21. The van der Waals surface area contributed by atoms with Crippen molar-refractivity contribution in [2.75, 3.05) is 24.6 Å². The molecule has 0 saturated heterocycles. The molecular formula is C7H16N2O3S. The maximum atomic E-state index is 11.1. The van der Waals surface area contributed by atoms with Crippen LogP contribution in [0.2, 0.25) is 0 Å². The van der Waals surface area contributed by atoms with Crippen molar-refractivity contribution in [3.63, 3.8) is 0 Å². The molecule has 3 N–H and O–H groups in total. The van der Waals surface area contributed by atoms with Crippen LogP contribution in [0.3, 0.4) is 0 Å². The largest absolute Gasteiger partial charge is 0.354 e. The molecule has 0 heterocycles. The van der Waals surface area contributed by atoms with Gasteiger partial charge in [-0.25, -0.2) is 8.42 Å². The number of carbonyl (C=O) groups excluding carboxylic acids is 1. The Morgan fingerprint density at radius 1 is 1.46 bits per heavy atom. The zero-order valence-corrected chi connectivity index (χ0v) is 8.56. The van der Waals surface area contributed by atoms with Crippen LogP contribution in [0.1, 0.15) is 13.3 Å². The van der Waals surface area contributed by atoms with E-state index in [9.17, 15) is 13.2 Å². The van der Waals surface area contributed by atoms with E-state index in [1.807, 2.05) is 0 Å². The van der Waals surface area contributed by atoms with E-state index in [1.165, 1.54) is 0 Å². The van der Waals surface area contributed by atoms with Gasteiger partial charge < -0.3 is 11.1 Å². The van der Waals surface area contributed by atoms with Gasteiger partial charge in [0.05, 0.1) is 5.75 Å². The predicted octanol–water partition coefficient (Wildman–Crippen LogP) is -1.11. The van der Waals surface area contributed by atoms with Crippen LogP contribution in [0, 0.1) is 0 Å². The number of carbonyl (C=O) groups is 1. The van der Waals surface area contributed by atoms with Crippen molar-refractivity contribution in [2.24, 2.45) is 5.73 Å². The van der Waals surface area contributed by atoms with Crippen LogP contribution in [0.4, 0.5) is 0 Å². The first-order chi connectivity index (χ1) is 6.02. The van der Waals surface area contributed by atoms with Crippen molar-refractivity contribution < 1.29 is 13.2 Å². The molecule has 0 spiro atoms. The number of sulfone groups is 1. The van der Waals surface area contributed by atoms with Gasteiger partial charge in [0.1, 0.15) is 5.75 Å². The second kappa shape index (κ2) is 5.93. The highest BCUT2D eigenvalue weighted by molar-refractivity contribution is 7.92. The molecule has 0 aromatic carbocycles. The van der Waals surface area contributed by atoms with E-state index < -0.39 is 21.5 Å². The molecule has 0 radical (unpaired) electrons. The molecule has 0 atom stereocenters. The van der Waals surface area contributed by atoms with Crippen LogP contribution < -0.4 is 11.1 Å². The zero-order valence-electron chi connectivity index (χ0n) is 7.75. The molecule has 1 amide bonds. The van der Waals surface area contributed by atoms with Crippen LogP contribution in [-0.4, -0.2) is 38.9 Å². The van der Waals surface area contributed by atoms with E-state index in [0.717, 1.165) is 0 Å². The van der Waals surface area contributed by atoms with Crippen LogP contribution in [-0.2, 0) is 14.6 Å². The van der Waals surface area contributed by atoms with Gasteiger partial charge in [0.15, 0.2) is 9.84 Å². The first-order valence-electron chi connectivity index (χ1n) is 4.19. The molecule has 0 fully saturated rings. The Balaban J connectivity index is 3.90. The Morgan fingerprint density at radius 3 is 2.54 bits per heavy atom. The Labute approximate surface area is 78.6 Å².